The third-order valence-corrected chi connectivity index (χ3v) is 9.44. The Labute approximate surface area is 279 Å². The first kappa shape index (κ1) is 34.7. The number of piperazine rings is 1. The van der Waals surface area contributed by atoms with Gasteiger partial charge < -0.3 is 30.3 Å². The highest BCUT2D eigenvalue weighted by Crippen LogP contribution is 2.29. The molecule has 2 aromatic heterocycles. The van der Waals surface area contributed by atoms with Crippen LogP contribution in [-0.4, -0.2) is 93.7 Å². The standard InChI is InChI=1S/C34H45FN8O5/c1-5-43-28(13-14-36-43)32(45)39-30(23-9-7-6-8-10-23)33(46)37-26-12-11-24(20-25(26)35)22(3)29(34(47)42-17-15-41(4)16-18-42)38-31(44)27-19-21(2)48-40-27/h11-14,19-20,22-23,29-30H,5-10,15-18H2,1-4H3,(H,37,46)(H,38,44)(H,39,45)/t22-,29+,30-/m0/s1. The first-order chi connectivity index (χ1) is 23.0. The summed E-state index contributed by atoms with van der Waals surface area (Å²) < 4.78 is 22.3. The Kier molecular flexibility index (Phi) is 11.2. The smallest absolute Gasteiger partial charge is 0.274 e. The summed E-state index contributed by atoms with van der Waals surface area (Å²) in [6.45, 7) is 8.15. The van der Waals surface area contributed by atoms with Crippen LogP contribution in [0.1, 0.15) is 84.2 Å². The highest BCUT2D eigenvalue weighted by atomic mass is 19.1. The predicted octanol–water partition coefficient (Wildman–Crippen LogP) is 3.33. The summed E-state index contributed by atoms with van der Waals surface area (Å²) in [5.41, 5.74) is 0.800. The molecule has 0 bridgehead atoms. The van der Waals surface area contributed by atoms with Gasteiger partial charge >= 0.3 is 0 Å². The van der Waals surface area contributed by atoms with Gasteiger partial charge in [0.15, 0.2) is 5.69 Å². The van der Waals surface area contributed by atoms with Gasteiger partial charge in [-0.15, -0.1) is 0 Å². The molecule has 3 atom stereocenters. The fourth-order valence-electron chi connectivity index (χ4n) is 6.49. The monoisotopic (exact) mass is 664 g/mol. The molecular formula is C34H45FN8O5. The number of anilines is 1. The number of rotatable bonds is 11. The molecule has 1 saturated heterocycles. The molecular weight excluding hydrogens is 619 g/mol. The number of amides is 4. The van der Waals surface area contributed by atoms with Crippen LogP contribution in [0.2, 0.25) is 0 Å². The Hall–Kier alpha value is -4.59. The van der Waals surface area contributed by atoms with Crippen molar-refractivity contribution in [3.63, 3.8) is 0 Å². The zero-order valence-corrected chi connectivity index (χ0v) is 28.0. The molecule has 2 fully saturated rings. The van der Waals surface area contributed by atoms with E-state index >= 15 is 4.39 Å². The van der Waals surface area contributed by atoms with E-state index in [0.29, 0.717) is 49.7 Å². The molecule has 3 N–H and O–H groups in total. The molecule has 0 unspecified atom stereocenters. The topological polar surface area (TPSA) is 155 Å². The second kappa shape index (κ2) is 15.5. The van der Waals surface area contributed by atoms with Crippen molar-refractivity contribution in [2.24, 2.45) is 5.92 Å². The van der Waals surface area contributed by atoms with Gasteiger partial charge in [0.1, 0.15) is 29.4 Å². The molecule has 3 aromatic rings. The van der Waals surface area contributed by atoms with Crippen LogP contribution in [0.15, 0.2) is 41.1 Å². The summed E-state index contributed by atoms with van der Waals surface area (Å²) in [6, 6.07) is 5.56. The number of hydrogen-bond acceptors (Lipinski definition) is 8. The van der Waals surface area contributed by atoms with Crippen LogP contribution < -0.4 is 16.0 Å². The van der Waals surface area contributed by atoms with Crippen LogP contribution in [0.25, 0.3) is 0 Å². The molecule has 5 rings (SSSR count). The zero-order valence-electron chi connectivity index (χ0n) is 28.0. The summed E-state index contributed by atoms with van der Waals surface area (Å²) in [7, 11) is 1.98. The van der Waals surface area contributed by atoms with Crippen LogP contribution >= 0.6 is 0 Å². The number of benzene rings is 1. The molecule has 14 heteroatoms. The molecule has 1 aromatic carbocycles. The first-order valence-electron chi connectivity index (χ1n) is 16.7. The van der Waals surface area contributed by atoms with Crippen molar-refractivity contribution in [3.05, 3.63) is 65.1 Å². The van der Waals surface area contributed by atoms with Gasteiger partial charge in [0.05, 0.1) is 5.69 Å². The summed E-state index contributed by atoms with van der Waals surface area (Å²) in [5.74, 6) is -2.75. The molecule has 3 heterocycles. The molecule has 0 spiro atoms. The maximum absolute atomic E-state index is 15.7. The molecule has 2 aliphatic rings. The lowest BCUT2D eigenvalue weighted by molar-refractivity contribution is -0.135. The van der Waals surface area contributed by atoms with Crippen molar-refractivity contribution in [1.82, 2.24) is 35.4 Å². The number of nitrogens with zero attached hydrogens (tertiary/aromatic N) is 5. The molecule has 1 aliphatic carbocycles. The van der Waals surface area contributed by atoms with Crippen molar-refractivity contribution < 1.29 is 28.1 Å². The van der Waals surface area contributed by atoms with Gasteiger partial charge in [0.2, 0.25) is 11.8 Å². The third kappa shape index (κ3) is 8.09. The summed E-state index contributed by atoms with van der Waals surface area (Å²) >= 11 is 0. The number of carbonyl (C=O) groups excluding carboxylic acids is 4. The van der Waals surface area contributed by atoms with Crippen LogP contribution in [0, 0.1) is 18.7 Å². The summed E-state index contributed by atoms with van der Waals surface area (Å²) in [6.07, 6.45) is 6.03. The lowest BCUT2D eigenvalue weighted by Gasteiger charge is -2.36. The molecule has 1 saturated carbocycles. The highest BCUT2D eigenvalue weighted by Gasteiger charge is 2.35. The van der Waals surface area contributed by atoms with E-state index < -0.39 is 41.5 Å². The highest BCUT2D eigenvalue weighted by molar-refractivity contribution is 6.01. The van der Waals surface area contributed by atoms with E-state index in [1.165, 1.54) is 24.4 Å². The molecule has 4 amide bonds. The van der Waals surface area contributed by atoms with Gasteiger partial charge in [-0.3, -0.25) is 23.9 Å². The first-order valence-corrected chi connectivity index (χ1v) is 16.7. The second-order valence-corrected chi connectivity index (χ2v) is 12.8. The van der Waals surface area contributed by atoms with Crippen LogP contribution in [-0.2, 0) is 16.1 Å². The Balaban J connectivity index is 1.34. The van der Waals surface area contributed by atoms with E-state index in [-0.39, 0.29) is 23.2 Å². The number of nitrogens with one attached hydrogen (secondary N) is 3. The molecule has 0 radical (unpaired) electrons. The van der Waals surface area contributed by atoms with Crippen LogP contribution in [0.3, 0.4) is 0 Å². The van der Waals surface area contributed by atoms with E-state index in [0.717, 1.165) is 32.1 Å². The summed E-state index contributed by atoms with van der Waals surface area (Å²) in [4.78, 5) is 57.6. The van der Waals surface area contributed by atoms with Gasteiger partial charge in [0.25, 0.3) is 11.8 Å². The minimum Gasteiger partial charge on any atom is -0.361 e. The number of aromatic nitrogens is 3. The van der Waals surface area contributed by atoms with E-state index in [4.69, 9.17) is 4.52 Å². The van der Waals surface area contributed by atoms with Crippen LogP contribution in [0.4, 0.5) is 10.1 Å². The number of aryl methyl sites for hydroxylation is 2. The van der Waals surface area contributed by atoms with Gasteiger partial charge in [-0.2, -0.15) is 5.10 Å². The van der Waals surface area contributed by atoms with Crippen molar-refractivity contribution in [1.29, 1.82) is 0 Å². The Morgan fingerprint density at radius 3 is 2.38 bits per heavy atom. The van der Waals surface area contributed by atoms with Gasteiger partial charge in [0, 0.05) is 50.9 Å². The van der Waals surface area contributed by atoms with E-state index in [1.54, 1.807) is 35.6 Å². The van der Waals surface area contributed by atoms with Crippen molar-refractivity contribution in [3.8, 4) is 0 Å². The molecule has 258 valence electrons. The quantitative estimate of drug-likeness (QED) is 0.282. The average Bonchev–Trinajstić information content (AvgIpc) is 3.76. The lowest BCUT2D eigenvalue weighted by Crippen LogP contribution is -2.55. The molecule has 1 aliphatic heterocycles. The predicted molar refractivity (Wildman–Crippen MR) is 176 cm³/mol. The second-order valence-electron chi connectivity index (χ2n) is 12.8. The Morgan fingerprint density at radius 1 is 1.00 bits per heavy atom. The van der Waals surface area contributed by atoms with Gasteiger partial charge in [-0.05, 0) is 63.4 Å². The minimum absolute atomic E-state index is 0.0406. The fourth-order valence-corrected chi connectivity index (χ4v) is 6.49. The minimum atomic E-state index is -1.01. The average molecular weight is 665 g/mol. The van der Waals surface area contributed by atoms with Crippen LogP contribution in [0.5, 0.6) is 0 Å². The van der Waals surface area contributed by atoms with Gasteiger partial charge in [-0.1, -0.05) is 37.4 Å². The third-order valence-electron chi connectivity index (χ3n) is 9.44. The van der Waals surface area contributed by atoms with E-state index in [1.807, 2.05) is 14.0 Å². The fraction of sp³-hybridized carbons (Fsp3) is 0.529. The number of hydrogen-bond donors (Lipinski definition) is 3. The number of halogens is 1. The maximum Gasteiger partial charge on any atom is 0.274 e. The zero-order chi connectivity index (χ0) is 34.4. The summed E-state index contributed by atoms with van der Waals surface area (Å²) in [5, 5.41) is 16.3. The lowest BCUT2D eigenvalue weighted by atomic mass is 9.83. The SMILES string of the molecule is CCn1nccc1C(=O)N[C@H](C(=O)Nc1ccc([C@H](C)[C@@H](NC(=O)c2cc(C)on2)C(=O)N2CCN(C)CC2)cc1F)C1CCCCC1. The number of likely N-dealkylation sites (N-methyl/N-ethyl adjacent to an activating group) is 1. The van der Waals surface area contributed by atoms with Crippen molar-refractivity contribution >= 4 is 29.3 Å². The molecule has 13 nitrogen and oxygen atoms in total. The maximum atomic E-state index is 15.7. The van der Waals surface area contributed by atoms with Crippen molar-refractivity contribution in [2.45, 2.75) is 77.4 Å². The van der Waals surface area contributed by atoms with E-state index in [2.05, 4.69) is 31.1 Å². The Morgan fingerprint density at radius 2 is 1.73 bits per heavy atom. The van der Waals surface area contributed by atoms with E-state index in [9.17, 15) is 19.2 Å². The largest absolute Gasteiger partial charge is 0.361 e. The normalized spacial score (nSPS) is 17.7. The van der Waals surface area contributed by atoms with Crippen molar-refractivity contribution in [2.75, 3.05) is 38.5 Å². The Bertz CT molecular complexity index is 1610. The molecule has 48 heavy (non-hydrogen) atoms. The van der Waals surface area contributed by atoms with Gasteiger partial charge in [-0.25, -0.2) is 4.39 Å². The number of carbonyl (C=O) groups is 4.